The summed E-state index contributed by atoms with van der Waals surface area (Å²) in [5.41, 5.74) is 2.93. The van der Waals surface area contributed by atoms with Gasteiger partial charge in [-0.15, -0.1) is 16.4 Å². The highest BCUT2D eigenvalue weighted by atomic mass is 35.5. The van der Waals surface area contributed by atoms with E-state index in [-0.39, 0.29) is 18.0 Å². The van der Waals surface area contributed by atoms with Crippen LogP contribution in [0.15, 0.2) is 58.3 Å². The number of fused-ring (bicyclic) bond motifs is 1. The molecule has 0 bridgehead atoms. The fourth-order valence-corrected chi connectivity index (χ4v) is 9.03. The van der Waals surface area contributed by atoms with E-state index in [4.69, 9.17) is 23.2 Å². The van der Waals surface area contributed by atoms with E-state index in [0.717, 1.165) is 24.2 Å². The van der Waals surface area contributed by atoms with Crippen LogP contribution in [0.5, 0.6) is 0 Å². The number of hydrogen-bond acceptors (Lipinski definition) is 7. The van der Waals surface area contributed by atoms with Crippen molar-refractivity contribution < 1.29 is 17.6 Å². The second-order valence-electron chi connectivity index (χ2n) is 10.5. The summed E-state index contributed by atoms with van der Waals surface area (Å²) in [4.78, 5) is 15.5. The summed E-state index contributed by atoms with van der Waals surface area (Å²) in [6, 6.07) is 10.6. The molecule has 4 heterocycles. The molecule has 2 aliphatic heterocycles. The molecule has 6 rings (SSSR count). The second kappa shape index (κ2) is 11.1. The quantitative estimate of drug-likeness (QED) is 0.296. The first-order valence-corrected chi connectivity index (χ1v) is 16.3. The summed E-state index contributed by atoms with van der Waals surface area (Å²) in [6.45, 7) is 3.67. The molecule has 0 saturated carbocycles. The van der Waals surface area contributed by atoms with Gasteiger partial charge in [-0.2, -0.15) is 0 Å². The van der Waals surface area contributed by atoms with E-state index in [9.17, 15) is 17.6 Å². The number of amides is 1. The van der Waals surface area contributed by atoms with Crippen molar-refractivity contribution in [1.82, 2.24) is 25.2 Å². The minimum absolute atomic E-state index is 0.0954. The first kappa shape index (κ1) is 28.3. The first-order valence-electron chi connectivity index (χ1n) is 13.1. The number of thiophene rings is 1. The lowest BCUT2D eigenvalue weighted by atomic mass is 9.98. The molecule has 1 saturated heterocycles. The third-order valence-corrected chi connectivity index (χ3v) is 12.1. The molecule has 1 unspecified atom stereocenters. The second-order valence-corrected chi connectivity index (χ2v) is 14.8. The number of rotatable bonds is 6. The van der Waals surface area contributed by atoms with Crippen molar-refractivity contribution in [3.63, 3.8) is 0 Å². The van der Waals surface area contributed by atoms with Crippen molar-refractivity contribution in [3.05, 3.63) is 86.7 Å². The van der Waals surface area contributed by atoms with Crippen LogP contribution in [0.3, 0.4) is 0 Å². The van der Waals surface area contributed by atoms with Crippen LogP contribution in [0.4, 0.5) is 4.39 Å². The predicted molar refractivity (Wildman–Crippen MR) is 157 cm³/mol. The van der Waals surface area contributed by atoms with Crippen LogP contribution in [0.1, 0.15) is 47.4 Å². The highest BCUT2D eigenvalue weighted by Crippen LogP contribution is 2.41. The third-order valence-electron chi connectivity index (χ3n) is 7.69. The Bertz CT molecular complexity index is 1740. The number of aromatic nitrogens is 3. The van der Waals surface area contributed by atoms with Gasteiger partial charge in [-0.3, -0.25) is 9.69 Å². The number of halogens is 3. The zero-order valence-corrected chi connectivity index (χ0v) is 25.1. The van der Waals surface area contributed by atoms with Crippen LogP contribution in [-0.2, 0) is 16.4 Å². The number of benzene rings is 2. The Labute approximate surface area is 251 Å². The van der Waals surface area contributed by atoms with Crippen LogP contribution in [-0.4, -0.2) is 58.6 Å². The Kier molecular flexibility index (Phi) is 7.67. The van der Waals surface area contributed by atoms with Crippen LogP contribution in [0.2, 0.25) is 10.0 Å². The van der Waals surface area contributed by atoms with E-state index < -0.39 is 20.9 Å². The zero-order valence-electron chi connectivity index (χ0n) is 21.9. The molecule has 2 aromatic carbocycles. The third kappa shape index (κ3) is 5.53. The van der Waals surface area contributed by atoms with Gasteiger partial charge in [0.2, 0.25) is 0 Å². The average molecular weight is 635 g/mol. The van der Waals surface area contributed by atoms with Crippen molar-refractivity contribution in [2.24, 2.45) is 0 Å². The number of hydrogen-bond donors (Lipinski definition) is 1. The van der Waals surface area contributed by atoms with Crippen molar-refractivity contribution in [2.45, 2.75) is 47.9 Å². The topological polar surface area (TPSA) is 97.2 Å². The summed E-state index contributed by atoms with van der Waals surface area (Å²) < 4.78 is 41.7. The number of likely N-dealkylation sites (tertiary alicyclic amines) is 1. The molecular weight excluding hydrogens is 608 g/mol. The van der Waals surface area contributed by atoms with Gasteiger partial charge < -0.3 is 5.32 Å². The largest absolute Gasteiger partial charge is 0.348 e. The van der Waals surface area contributed by atoms with Gasteiger partial charge in [-0.25, -0.2) is 17.5 Å². The number of carbonyl (C=O) groups excluding carboxylic acids is 1. The molecule has 8 nitrogen and oxygen atoms in total. The van der Waals surface area contributed by atoms with Gasteiger partial charge in [0.1, 0.15) is 10.0 Å². The number of nitrogens with one attached hydrogen (secondary N) is 1. The molecule has 1 fully saturated rings. The van der Waals surface area contributed by atoms with Gasteiger partial charge >= 0.3 is 0 Å². The lowest BCUT2D eigenvalue weighted by Crippen LogP contribution is -2.37. The fourth-order valence-electron chi connectivity index (χ4n) is 5.53. The van der Waals surface area contributed by atoms with Crippen LogP contribution >= 0.6 is 34.5 Å². The molecule has 2 aliphatic rings. The van der Waals surface area contributed by atoms with Crippen LogP contribution < -0.4 is 5.32 Å². The van der Waals surface area contributed by atoms with Crippen LogP contribution in [0, 0.1) is 5.82 Å². The molecule has 0 aliphatic carbocycles. The van der Waals surface area contributed by atoms with Crippen molar-refractivity contribution in [2.75, 3.05) is 13.1 Å². The summed E-state index contributed by atoms with van der Waals surface area (Å²) in [7, 11) is -3.31. The molecule has 214 valence electrons. The van der Waals surface area contributed by atoms with Crippen molar-refractivity contribution >= 4 is 50.3 Å². The molecule has 0 radical (unpaired) electrons. The Balaban J connectivity index is 1.12. The van der Waals surface area contributed by atoms with Crippen LogP contribution in [0.25, 0.3) is 11.1 Å². The Morgan fingerprint density at radius 3 is 2.80 bits per heavy atom. The van der Waals surface area contributed by atoms with Crippen molar-refractivity contribution in [1.29, 1.82) is 0 Å². The fraction of sp³-hybridized carbons (Fsp3) is 0.321. The van der Waals surface area contributed by atoms with Gasteiger partial charge in [0, 0.05) is 36.8 Å². The Hall–Kier alpha value is -2.83. The standard InChI is InChI=1S/C28H26Cl2FN5O3S2/c1-16-10-26(22-7-9-40-28(22)41(16,38)39)36-15-20(33-34-36)14-35-8-6-19(13-35)32-27(37)21-4-3-18(31)12-23(21)17-2-5-24(29)25(30)11-17/h2-5,7,9,11-12,15-16,19,26H,6,8,10,13-14H2,1H3,(H,32,37)/t16-,19?,26-/m0/s1. The maximum absolute atomic E-state index is 14.1. The van der Waals surface area contributed by atoms with Gasteiger partial charge in [0.15, 0.2) is 9.84 Å². The minimum atomic E-state index is -3.31. The summed E-state index contributed by atoms with van der Waals surface area (Å²) in [5, 5.41) is 13.8. The van der Waals surface area contributed by atoms with Gasteiger partial charge in [0.05, 0.1) is 33.2 Å². The van der Waals surface area contributed by atoms with Crippen molar-refractivity contribution in [3.8, 4) is 11.1 Å². The van der Waals surface area contributed by atoms with E-state index in [1.165, 1.54) is 29.5 Å². The number of carbonyl (C=O) groups is 1. The average Bonchev–Trinajstić information content (AvgIpc) is 3.70. The maximum Gasteiger partial charge on any atom is 0.252 e. The lowest BCUT2D eigenvalue weighted by molar-refractivity contribution is 0.0938. The van der Waals surface area contributed by atoms with E-state index in [2.05, 4.69) is 20.5 Å². The molecule has 4 aromatic rings. The smallest absolute Gasteiger partial charge is 0.252 e. The van der Waals surface area contributed by atoms with E-state index in [1.54, 1.807) is 29.8 Å². The molecule has 2 aromatic heterocycles. The molecule has 13 heteroatoms. The lowest BCUT2D eigenvalue weighted by Gasteiger charge is -2.27. The molecular formula is C28H26Cl2FN5O3S2. The van der Waals surface area contributed by atoms with E-state index >= 15 is 0 Å². The normalized spacial score (nSPS) is 22.0. The Morgan fingerprint density at radius 1 is 1.17 bits per heavy atom. The van der Waals surface area contributed by atoms with Gasteiger partial charge in [-0.05, 0) is 72.7 Å². The zero-order chi connectivity index (χ0) is 28.9. The molecule has 0 spiro atoms. The van der Waals surface area contributed by atoms with Gasteiger partial charge in [-0.1, -0.05) is 34.5 Å². The van der Waals surface area contributed by atoms with E-state index in [0.29, 0.717) is 50.5 Å². The number of nitrogens with zero attached hydrogens (tertiary/aromatic N) is 4. The first-order chi connectivity index (χ1) is 19.6. The number of sulfone groups is 1. The predicted octanol–water partition coefficient (Wildman–Crippen LogP) is 5.61. The highest BCUT2D eigenvalue weighted by Gasteiger charge is 2.38. The van der Waals surface area contributed by atoms with E-state index in [1.807, 2.05) is 17.6 Å². The Morgan fingerprint density at radius 2 is 2.00 bits per heavy atom. The maximum atomic E-state index is 14.1. The summed E-state index contributed by atoms with van der Waals surface area (Å²) >= 11 is 13.5. The monoisotopic (exact) mass is 633 g/mol. The summed E-state index contributed by atoms with van der Waals surface area (Å²) in [6.07, 6.45) is 3.07. The summed E-state index contributed by atoms with van der Waals surface area (Å²) in [5.74, 6) is -0.751. The van der Waals surface area contributed by atoms with Gasteiger partial charge in [0.25, 0.3) is 5.91 Å². The minimum Gasteiger partial charge on any atom is -0.348 e. The molecule has 3 atom stereocenters. The molecule has 1 N–H and O–H groups in total. The highest BCUT2D eigenvalue weighted by molar-refractivity contribution is 7.94. The SMILES string of the molecule is C[C@H]1C[C@H](n2cc(CN3CCC(NC(=O)c4ccc(F)cc4-c4ccc(Cl)c(Cl)c4)C3)nn2)c2ccsc2S1(=O)=O. The molecule has 1 amide bonds. The molecule has 41 heavy (non-hydrogen) atoms.